The molecular weight excluding hydrogens is 184 g/mol. The molecule has 1 aliphatic carbocycles. The molecule has 4 atom stereocenters. The van der Waals surface area contributed by atoms with Crippen LogP contribution < -0.4 is 0 Å². The molecule has 4 heteroatoms. The summed E-state index contributed by atoms with van der Waals surface area (Å²) < 4.78 is 9.94. The highest BCUT2D eigenvalue weighted by molar-refractivity contribution is 6.06. The van der Waals surface area contributed by atoms with Crippen LogP contribution >= 0.6 is 0 Å². The number of hydrogen-bond acceptors (Lipinski definition) is 4. The molecule has 0 spiro atoms. The summed E-state index contributed by atoms with van der Waals surface area (Å²) in [5, 5.41) is 0. The average molecular weight is 198 g/mol. The van der Waals surface area contributed by atoms with Crippen LogP contribution in [0.15, 0.2) is 0 Å². The number of hydrogen-bond donors (Lipinski definition) is 0. The summed E-state index contributed by atoms with van der Waals surface area (Å²) in [7, 11) is 0. The molecule has 0 aromatic carbocycles. The Kier molecular flexibility index (Phi) is 1.84. The molecule has 0 amide bonds. The molecule has 2 fully saturated rings. The number of carbonyl (C=O) groups is 2. The lowest BCUT2D eigenvalue weighted by Crippen LogP contribution is -2.29. The number of ether oxygens (including phenoxy) is 2. The molecule has 1 saturated heterocycles. The first kappa shape index (κ1) is 9.49. The number of rotatable bonds is 2. The second-order valence-electron chi connectivity index (χ2n) is 4.01. The van der Waals surface area contributed by atoms with Gasteiger partial charge in [0.05, 0.1) is 6.61 Å². The van der Waals surface area contributed by atoms with Crippen LogP contribution in [0.4, 0.5) is 0 Å². The van der Waals surface area contributed by atoms with Crippen molar-refractivity contribution in [1.82, 2.24) is 0 Å². The van der Waals surface area contributed by atoms with Gasteiger partial charge in [0.1, 0.15) is 6.10 Å². The fraction of sp³-hybridized carbons (Fsp3) is 0.800. The third kappa shape index (κ3) is 0.837. The van der Waals surface area contributed by atoms with Gasteiger partial charge in [-0.25, -0.2) is 0 Å². The van der Waals surface area contributed by atoms with E-state index in [2.05, 4.69) is 0 Å². The van der Waals surface area contributed by atoms with E-state index in [0.29, 0.717) is 6.61 Å². The summed E-state index contributed by atoms with van der Waals surface area (Å²) in [6.07, 6.45) is -0.151. The lowest BCUT2D eigenvalue weighted by molar-refractivity contribution is -0.162. The second-order valence-corrected chi connectivity index (χ2v) is 4.01. The molecule has 1 aliphatic heterocycles. The van der Waals surface area contributed by atoms with Crippen LogP contribution in [-0.4, -0.2) is 24.6 Å². The Morgan fingerprint density at radius 2 is 2.21 bits per heavy atom. The van der Waals surface area contributed by atoms with Crippen molar-refractivity contribution in [3.63, 3.8) is 0 Å². The molecule has 0 radical (unpaired) electrons. The first-order valence-corrected chi connectivity index (χ1v) is 4.95. The van der Waals surface area contributed by atoms with Gasteiger partial charge < -0.3 is 9.47 Å². The lowest BCUT2D eigenvalue weighted by atomic mass is 10.0. The number of carbonyl (C=O) groups excluding carboxylic acids is 2. The summed E-state index contributed by atoms with van der Waals surface area (Å²) in [6.45, 7) is 5.77. The van der Waals surface area contributed by atoms with Gasteiger partial charge >= 0.3 is 11.9 Å². The topological polar surface area (TPSA) is 52.6 Å². The summed E-state index contributed by atoms with van der Waals surface area (Å²) in [5.41, 5.74) is -0.963. The monoisotopic (exact) mass is 198 g/mol. The molecule has 0 bridgehead atoms. The highest BCUT2D eigenvalue weighted by Gasteiger charge is 2.80. The van der Waals surface area contributed by atoms with Crippen LogP contribution in [0.2, 0.25) is 0 Å². The van der Waals surface area contributed by atoms with E-state index in [1.54, 1.807) is 6.92 Å². The molecule has 1 saturated carbocycles. The Hall–Kier alpha value is -1.06. The molecule has 4 nitrogen and oxygen atoms in total. The average Bonchev–Trinajstić information content (AvgIpc) is 2.62. The maximum absolute atomic E-state index is 11.7. The van der Waals surface area contributed by atoms with E-state index in [1.165, 1.54) is 0 Å². The van der Waals surface area contributed by atoms with Crippen molar-refractivity contribution in [3.05, 3.63) is 0 Å². The quantitative estimate of drug-likeness (QED) is 0.485. The van der Waals surface area contributed by atoms with E-state index in [9.17, 15) is 9.59 Å². The fourth-order valence-electron chi connectivity index (χ4n) is 2.69. The Morgan fingerprint density at radius 3 is 2.64 bits per heavy atom. The summed E-state index contributed by atoms with van der Waals surface area (Å²) in [4.78, 5) is 23.2. The molecule has 0 aromatic heterocycles. The van der Waals surface area contributed by atoms with Gasteiger partial charge in [-0.2, -0.15) is 0 Å². The molecular formula is C10H14O4. The van der Waals surface area contributed by atoms with Crippen molar-refractivity contribution in [2.75, 3.05) is 6.61 Å². The Bertz CT molecular complexity index is 298. The molecule has 78 valence electrons. The van der Waals surface area contributed by atoms with Crippen LogP contribution in [0.5, 0.6) is 0 Å². The molecule has 4 unspecified atom stereocenters. The highest BCUT2D eigenvalue weighted by atomic mass is 16.6. The molecule has 2 aliphatic rings. The van der Waals surface area contributed by atoms with Crippen molar-refractivity contribution < 1.29 is 19.1 Å². The Labute approximate surface area is 82.6 Å². The van der Waals surface area contributed by atoms with Crippen LogP contribution in [0.25, 0.3) is 0 Å². The van der Waals surface area contributed by atoms with E-state index in [0.717, 1.165) is 0 Å². The van der Waals surface area contributed by atoms with Crippen LogP contribution in [-0.2, 0) is 19.1 Å². The van der Waals surface area contributed by atoms with Gasteiger partial charge in [-0.15, -0.1) is 0 Å². The Morgan fingerprint density at radius 1 is 1.57 bits per heavy atom. The Balaban J connectivity index is 2.24. The normalized spacial score (nSPS) is 44.2. The number of fused-ring (bicyclic) bond motifs is 1. The maximum atomic E-state index is 11.7. The van der Waals surface area contributed by atoms with Gasteiger partial charge in [0.25, 0.3) is 0 Å². The first-order valence-electron chi connectivity index (χ1n) is 4.95. The van der Waals surface area contributed by atoms with Gasteiger partial charge in [-0.1, -0.05) is 6.92 Å². The van der Waals surface area contributed by atoms with Crippen LogP contribution in [0, 0.1) is 17.3 Å². The smallest absolute Gasteiger partial charge is 0.324 e. The van der Waals surface area contributed by atoms with Crippen molar-refractivity contribution in [2.24, 2.45) is 17.3 Å². The van der Waals surface area contributed by atoms with E-state index >= 15 is 0 Å². The van der Waals surface area contributed by atoms with Crippen LogP contribution in [0.3, 0.4) is 0 Å². The van der Waals surface area contributed by atoms with Gasteiger partial charge in [0, 0.05) is 5.92 Å². The zero-order valence-electron chi connectivity index (χ0n) is 8.57. The zero-order chi connectivity index (χ0) is 10.5. The molecule has 2 rings (SSSR count). The SMILES string of the molecule is CCOC(=O)C12C(=O)OC(C)C1C2C. The first-order chi connectivity index (χ1) is 6.56. The highest BCUT2D eigenvalue weighted by Crippen LogP contribution is 2.66. The fourth-order valence-corrected chi connectivity index (χ4v) is 2.69. The van der Waals surface area contributed by atoms with E-state index < -0.39 is 17.4 Å². The minimum atomic E-state index is -0.963. The van der Waals surface area contributed by atoms with Gasteiger partial charge in [-0.3, -0.25) is 9.59 Å². The van der Waals surface area contributed by atoms with E-state index in [1.807, 2.05) is 13.8 Å². The van der Waals surface area contributed by atoms with E-state index in [4.69, 9.17) is 9.47 Å². The molecule has 0 aromatic rings. The largest absolute Gasteiger partial charge is 0.465 e. The molecule has 1 heterocycles. The summed E-state index contributed by atoms with van der Waals surface area (Å²) >= 11 is 0. The summed E-state index contributed by atoms with van der Waals surface area (Å²) in [6, 6.07) is 0. The predicted molar refractivity (Wildman–Crippen MR) is 47.3 cm³/mol. The van der Waals surface area contributed by atoms with Gasteiger partial charge in [-0.05, 0) is 19.8 Å². The lowest BCUT2D eigenvalue weighted by Gasteiger charge is -2.10. The number of cyclic esters (lactones) is 1. The predicted octanol–water partition coefficient (Wildman–Crippen LogP) is 0.747. The van der Waals surface area contributed by atoms with Crippen molar-refractivity contribution in [3.8, 4) is 0 Å². The van der Waals surface area contributed by atoms with E-state index in [-0.39, 0.29) is 17.9 Å². The van der Waals surface area contributed by atoms with Crippen LogP contribution in [0.1, 0.15) is 20.8 Å². The molecule has 14 heavy (non-hydrogen) atoms. The minimum absolute atomic E-state index is 0.0223. The van der Waals surface area contributed by atoms with Crippen molar-refractivity contribution >= 4 is 11.9 Å². The van der Waals surface area contributed by atoms with Crippen molar-refractivity contribution in [1.29, 1.82) is 0 Å². The van der Waals surface area contributed by atoms with Gasteiger partial charge in [0.2, 0.25) is 0 Å². The van der Waals surface area contributed by atoms with Crippen molar-refractivity contribution in [2.45, 2.75) is 26.9 Å². The van der Waals surface area contributed by atoms with Gasteiger partial charge in [0.15, 0.2) is 5.41 Å². The second kappa shape index (κ2) is 2.72. The summed E-state index contributed by atoms with van der Waals surface area (Å²) in [5.74, 6) is -0.723. The maximum Gasteiger partial charge on any atom is 0.324 e. The standard InChI is InChI=1S/C10H14O4/c1-4-13-8(11)10-5(2)7(10)6(3)14-9(10)12/h5-7H,4H2,1-3H3. The number of esters is 2. The molecule has 0 N–H and O–H groups in total. The zero-order valence-corrected chi connectivity index (χ0v) is 8.57. The minimum Gasteiger partial charge on any atom is -0.465 e. The third-order valence-corrected chi connectivity index (χ3v) is 3.42. The third-order valence-electron chi connectivity index (χ3n) is 3.42.